The Balaban J connectivity index is 1.43. The molecule has 1 aliphatic rings. The van der Waals surface area contributed by atoms with Crippen molar-refractivity contribution in [2.75, 3.05) is 19.6 Å². The number of benzene rings is 2. The molecule has 0 spiro atoms. The molecule has 1 amide bonds. The number of hydrogen-bond acceptors (Lipinski definition) is 3. The lowest BCUT2D eigenvalue weighted by molar-refractivity contribution is 0.0912. The van der Waals surface area contributed by atoms with Crippen LogP contribution in [0.3, 0.4) is 0 Å². The number of aryl methyl sites for hydroxylation is 1. The predicted molar refractivity (Wildman–Crippen MR) is 138 cm³/mol. The highest BCUT2D eigenvalue weighted by Gasteiger charge is 2.25. The summed E-state index contributed by atoms with van der Waals surface area (Å²) < 4.78 is 2.87. The van der Waals surface area contributed by atoms with Gasteiger partial charge in [0.2, 0.25) is 0 Å². The van der Waals surface area contributed by atoms with E-state index in [1.165, 1.54) is 5.56 Å². The number of aromatic hydroxyl groups is 1. The zero-order valence-electron chi connectivity index (χ0n) is 19.6. The number of carbonyl (C=O) groups is 1. The van der Waals surface area contributed by atoms with Crippen molar-refractivity contribution in [3.05, 3.63) is 63.8 Å². The number of nitrogens with one attached hydrogen (secondary N) is 1. The second-order valence-corrected chi connectivity index (χ2v) is 9.97. The number of phenolic OH excluding ortho intramolecular Hbond substituents is 1. The lowest BCUT2D eigenvalue weighted by atomic mass is 10.0. The number of amides is 1. The fourth-order valence-electron chi connectivity index (χ4n) is 4.87. The molecule has 0 radical (unpaired) electrons. The van der Waals surface area contributed by atoms with Crippen LogP contribution in [0.2, 0.25) is 0 Å². The molecular weight excluding hydrogens is 478 g/mol. The summed E-state index contributed by atoms with van der Waals surface area (Å²) in [7, 11) is 0. The Labute approximate surface area is 204 Å². The fraction of sp³-hybridized carbons (Fsp3) is 0.444. The molecule has 33 heavy (non-hydrogen) atoms. The molecule has 1 fully saturated rings. The fourth-order valence-corrected chi connectivity index (χ4v) is 5.20. The summed E-state index contributed by atoms with van der Waals surface area (Å²) in [6.45, 7) is 8.11. The molecule has 1 saturated heterocycles. The van der Waals surface area contributed by atoms with Gasteiger partial charge in [-0.1, -0.05) is 43.7 Å². The van der Waals surface area contributed by atoms with Gasteiger partial charge in [-0.05, 0) is 66.2 Å². The number of halogens is 1. The van der Waals surface area contributed by atoms with E-state index >= 15 is 0 Å². The van der Waals surface area contributed by atoms with Crippen LogP contribution in [0.5, 0.6) is 5.75 Å². The van der Waals surface area contributed by atoms with Gasteiger partial charge < -0.3 is 19.9 Å². The SMILES string of the molecule is CCCCn1c(C)c(C(=O)NC2CCN(CCc3ccccc3)CC2)c2cc(O)c(Br)cc21. The summed E-state index contributed by atoms with van der Waals surface area (Å²) in [6, 6.07) is 14.4. The molecule has 2 N–H and O–H groups in total. The molecule has 2 heterocycles. The summed E-state index contributed by atoms with van der Waals surface area (Å²) in [5, 5.41) is 14.4. The molecule has 2 aromatic carbocycles. The van der Waals surface area contributed by atoms with Gasteiger partial charge in [-0.3, -0.25) is 4.79 Å². The maximum Gasteiger partial charge on any atom is 0.253 e. The Hall–Kier alpha value is -2.31. The van der Waals surface area contributed by atoms with Crippen LogP contribution in [0.15, 0.2) is 46.9 Å². The van der Waals surface area contributed by atoms with E-state index in [0.29, 0.717) is 10.0 Å². The first-order valence-corrected chi connectivity index (χ1v) is 12.9. The molecule has 0 aliphatic carbocycles. The molecule has 176 valence electrons. The molecule has 0 bridgehead atoms. The lowest BCUT2D eigenvalue weighted by Gasteiger charge is -2.32. The average Bonchev–Trinajstić information content (AvgIpc) is 3.08. The van der Waals surface area contributed by atoms with Crippen molar-refractivity contribution in [2.24, 2.45) is 0 Å². The van der Waals surface area contributed by atoms with E-state index in [-0.39, 0.29) is 17.7 Å². The van der Waals surface area contributed by atoms with Crippen molar-refractivity contribution < 1.29 is 9.90 Å². The third-order valence-corrected chi connectivity index (χ3v) is 7.47. The van der Waals surface area contributed by atoms with Gasteiger partial charge in [-0.15, -0.1) is 0 Å². The molecule has 1 aliphatic heterocycles. The molecule has 3 aromatic rings. The number of hydrogen-bond donors (Lipinski definition) is 2. The van der Waals surface area contributed by atoms with E-state index in [1.807, 2.05) is 13.0 Å². The highest BCUT2D eigenvalue weighted by molar-refractivity contribution is 9.10. The molecule has 0 unspecified atom stereocenters. The minimum atomic E-state index is -0.0304. The predicted octanol–water partition coefficient (Wildman–Crippen LogP) is 5.65. The van der Waals surface area contributed by atoms with Crippen molar-refractivity contribution in [3.63, 3.8) is 0 Å². The van der Waals surface area contributed by atoms with Crippen LogP contribution in [0, 0.1) is 6.92 Å². The zero-order chi connectivity index (χ0) is 23.4. The lowest BCUT2D eigenvalue weighted by Crippen LogP contribution is -2.45. The first-order valence-electron chi connectivity index (χ1n) is 12.1. The Bertz CT molecular complexity index is 1100. The van der Waals surface area contributed by atoms with Gasteiger partial charge in [0, 0.05) is 43.3 Å². The van der Waals surface area contributed by atoms with Crippen LogP contribution in [-0.2, 0) is 13.0 Å². The van der Waals surface area contributed by atoms with Gasteiger partial charge in [0.25, 0.3) is 5.91 Å². The quantitative estimate of drug-likeness (QED) is 0.410. The van der Waals surface area contributed by atoms with E-state index in [0.717, 1.165) is 74.9 Å². The number of nitrogens with zero attached hydrogens (tertiary/aromatic N) is 2. The summed E-state index contributed by atoms with van der Waals surface area (Å²) in [4.78, 5) is 15.9. The first-order chi connectivity index (χ1) is 16.0. The van der Waals surface area contributed by atoms with E-state index < -0.39 is 0 Å². The van der Waals surface area contributed by atoms with Gasteiger partial charge in [-0.25, -0.2) is 0 Å². The summed E-state index contributed by atoms with van der Waals surface area (Å²) in [5.74, 6) is 0.133. The highest BCUT2D eigenvalue weighted by atomic mass is 79.9. The number of aromatic nitrogens is 1. The smallest absolute Gasteiger partial charge is 0.253 e. The van der Waals surface area contributed by atoms with Crippen LogP contribution in [-0.4, -0.2) is 46.2 Å². The molecule has 0 saturated carbocycles. The summed E-state index contributed by atoms with van der Waals surface area (Å²) in [5.41, 5.74) is 4.02. The Morgan fingerprint density at radius 1 is 1.15 bits per heavy atom. The maximum atomic E-state index is 13.4. The van der Waals surface area contributed by atoms with Gasteiger partial charge in [0.1, 0.15) is 5.75 Å². The van der Waals surface area contributed by atoms with Gasteiger partial charge in [0.05, 0.1) is 15.6 Å². The minimum Gasteiger partial charge on any atom is -0.507 e. The van der Waals surface area contributed by atoms with Crippen molar-refractivity contribution in [1.82, 2.24) is 14.8 Å². The number of carbonyl (C=O) groups excluding carboxylic acids is 1. The largest absolute Gasteiger partial charge is 0.507 e. The Kier molecular flexibility index (Phi) is 7.76. The van der Waals surface area contributed by atoms with Crippen molar-refractivity contribution in [3.8, 4) is 5.75 Å². The third kappa shape index (κ3) is 5.44. The van der Waals surface area contributed by atoms with Crippen LogP contribution in [0.4, 0.5) is 0 Å². The first kappa shape index (κ1) is 23.8. The standard InChI is InChI=1S/C27H34BrN3O2/c1-3-4-13-31-19(2)26(22-17-25(32)23(28)18-24(22)31)27(33)29-21-11-15-30(16-12-21)14-10-20-8-6-5-7-9-20/h5-9,17-18,21,32H,3-4,10-16H2,1-2H3,(H,29,33). The van der Waals surface area contributed by atoms with Crippen LogP contribution < -0.4 is 5.32 Å². The Morgan fingerprint density at radius 3 is 2.58 bits per heavy atom. The average molecular weight is 512 g/mol. The number of fused-ring (bicyclic) bond motifs is 1. The number of rotatable bonds is 8. The maximum absolute atomic E-state index is 13.4. The second-order valence-electron chi connectivity index (χ2n) is 9.11. The van der Waals surface area contributed by atoms with Crippen LogP contribution >= 0.6 is 15.9 Å². The molecular formula is C27H34BrN3O2. The van der Waals surface area contributed by atoms with E-state index in [9.17, 15) is 9.90 Å². The molecule has 5 nitrogen and oxygen atoms in total. The zero-order valence-corrected chi connectivity index (χ0v) is 21.2. The van der Waals surface area contributed by atoms with Gasteiger partial charge in [0.15, 0.2) is 0 Å². The topological polar surface area (TPSA) is 57.5 Å². The van der Waals surface area contributed by atoms with Crippen molar-refractivity contribution in [2.45, 2.75) is 58.5 Å². The monoisotopic (exact) mass is 511 g/mol. The number of phenols is 1. The van der Waals surface area contributed by atoms with E-state index in [2.05, 4.69) is 68.0 Å². The van der Waals surface area contributed by atoms with Crippen LogP contribution in [0.1, 0.15) is 54.2 Å². The van der Waals surface area contributed by atoms with Crippen LogP contribution in [0.25, 0.3) is 10.9 Å². The van der Waals surface area contributed by atoms with Crippen molar-refractivity contribution >= 4 is 32.7 Å². The number of piperidine rings is 1. The Morgan fingerprint density at radius 2 is 1.88 bits per heavy atom. The highest BCUT2D eigenvalue weighted by Crippen LogP contribution is 2.34. The van der Waals surface area contributed by atoms with Crippen molar-refractivity contribution in [1.29, 1.82) is 0 Å². The third-order valence-electron chi connectivity index (χ3n) is 6.84. The van der Waals surface area contributed by atoms with E-state index in [1.54, 1.807) is 6.07 Å². The minimum absolute atomic E-state index is 0.0304. The number of unbranched alkanes of at least 4 members (excludes halogenated alkanes) is 1. The number of likely N-dealkylation sites (tertiary alicyclic amines) is 1. The summed E-state index contributed by atoms with van der Waals surface area (Å²) >= 11 is 3.43. The van der Waals surface area contributed by atoms with Gasteiger partial charge in [-0.2, -0.15) is 0 Å². The van der Waals surface area contributed by atoms with Gasteiger partial charge >= 0.3 is 0 Å². The normalized spacial score (nSPS) is 15.2. The molecule has 6 heteroatoms. The second kappa shape index (κ2) is 10.7. The molecule has 1 aromatic heterocycles. The van der Waals surface area contributed by atoms with E-state index in [4.69, 9.17) is 0 Å². The summed E-state index contributed by atoms with van der Waals surface area (Å²) in [6.07, 6.45) is 5.12. The molecule has 0 atom stereocenters. The molecule has 4 rings (SSSR count).